The fourth-order valence-electron chi connectivity index (χ4n) is 0.780. The van der Waals surface area contributed by atoms with E-state index in [0.29, 0.717) is 6.42 Å². The van der Waals surface area contributed by atoms with E-state index in [1.54, 1.807) is 11.8 Å². The number of primary amides is 1. The van der Waals surface area contributed by atoms with Crippen molar-refractivity contribution in [3.63, 3.8) is 0 Å². The lowest BCUT2D eigenvalue weighted by atomic mass is 10.2. The van der Waals surface area contributed by atoms with Crippen LogP contribution in [0, 0.1) is 0 Å². The van der Waals surface area contributed by atoms with Crippen LogP contribution in [0.15, 0.2) is 11.0 Å². The van der Waals surface area contributed by atoms with Gasteiger partial charge in [-0.1, -0.05) is 5.57 Å². The molecular formula is C6H9NOS. The third-order valence-corrected chi connectivity index (χ3v) is 2.13. The Kier molecular flexibility index (Phi) is 2.16. The van der Waals surface area contributed by atoms with Crippen LogP contribution < -0.4 is 5.73 Å². The summed E-state index contributed by atoms with van der Waals surface area (Å²) in [5, 5.41) is 2.03. The summed E-state index contributed by atoms with van der Waals surface area (Å²) in [6.45, 7) is 0. The van der Waals surface area contributed by atoms with Crippen LogP contribution in [-0.4, -0.2) is 11.7 Å². The van der Waals surface area contributed by atoms with Crippen molar-refractivity contribution in [2.75, 3.05) is 5.75 Å². The standard InChI is InChI=1S/C6H9NOS/c7-6(8)3-5-1-2-9-4-5/h4H,1-3H2,(H2,7,8). The number of hydrogen-bond donors (Lipinski definition) is 1. The summed E-state index contributed by atoms with van der Waals surface area (Å²) in [7, 11) is 0. The molecule has 0 saturated carbocycles. The molecule has 50 valence electrons. The Morgan fingerprint density at radius 2 is 2.67 bits per heavy atom. The molecule has 0 spiro atoms. The largest absolute Gasteiger partial charge is 0.369 e. The first-order valence-electron chi connectivity index (χ1n) is 2.87. The molecule has 0 aliphatic carbocycles. The lowest BCUT2D eigenvalue weighted by molar-refractivity contribution is -0.117. The molecule has 1 aliphatic heterocycles. The molecule has 0 atom stereocenters. The topological polar surface area (TPSA) is 43.1 Å². The number of nitrogens with two attached hydrogens (primary N) is 1. The van der Waals surface area contributed by atoms with E-state index in [9.17, 15) is 4.79 Å². The zero-order valence-electron chi connectivity index (χ0n) is 5.09. The Hall–Kier alpha value is -0.440. The van der Waals surface area contributed by atoms with Crippen LogP contribution in [0.5, 0.6) is 0 Å². The average Bonchev–Trinajstić information content (AvgIpc) is 2.15. The van der Waals surface area contributed by atoms with Gasteiger partial charge in [-0.2, -0.15) is 0 Å². The second kappa shape index (κ2) is 2.92. The van der Waals surface area contributed by atoms with Gasteiger partial charge in [-0.15, -0.1) is 11.8 Å². The van der Waals surface area contributed by atoms with E-state index in [0.717, 1.165) is 12.2 Å². The zero-order chi connectivity index (χ0) is 6.69. The summed E-state index contributed by atoms with van der Waals surface area (Å²) >= 11 is 1.75. The van der Waals surface area contributed by atoms with Gasteiger partial charge in [0.15, 0.2) is 0 Å². The molecule has 0 radical (unpaired) electrons. The van der Waals surface area contributed by atoms with Crippen LogP contribution >= 0.6 is 11.8 Å². The number of carbonyl (C=O) groups is 1. The summed E-state index contributed by atoms with van der Waals surface area (Å²) in [5.41, 5.74) is 6.17. The van der Waals surface area contributed by atoms with E-state index in [-0.39, 0.29) is 5.91 Å². The molecule has 1 amide bonds. The van der Waals surface area contributed by atoms with E-state index in [1.165, 1.54) is 5.57 Å². The molecule has 2 N–H and O–H groups in total. The first-order chi connectivity index (χ1) is 4.29. The molecule has 1 heterocycles. The van der Waals surface area contributed by atoms with Gasteiger partial charge >= 0.3 is 0 Å². The van der Waals surface area contributed by atoms with E-state index in [1.807, 2.05) is 5.41 Å². The first kappa shape index (κ1) is 6.68. The maximum absolute atomic E-state index is 10.3. The minimum absolute atomic E-state index is 0.219. The monoisotopic (exact) mass is 143 g/mol. The smallest absolute Gasteiger partial charge is 0.221 e. The van der Waals surface area contributed by atoms with Crippen molar-refractivity contribution < 1.29 is 4.79 Å². The maximum Gasteiger partial charge on any atom is 0.221 e. The molecule has 0 bridgehead atoms. The van der Waals surface area contributed by atoms with E-state index < -0.39 is 0 Å². The summed E-state index contributed by atoms with van der Waals surface area (Å²) in [6.07, 6.45) is 1.49. The average molecular weight is 143 g/mol. The lowest BCUT2D eigenvalue weighted by Crippen LogP contribution is -2.10. The van der Waals surface area contributed by atoms with Crippen molar-refractivity contribution >= 4 is 17.7 Å². The van der Waals surface area contributed by atoms with Gasteiger partial charge < -0.3 is 5.73 Å². The predicted octanol–water partition coefficient (Wildman–Crippen LogP) is 0.883. The first-order valence-corrected chi connectivity index (χ1v) is 3.92. The summed E-state index contributed by atoms with van der Waals surface area (Å²) in [5.74, 6) is 0.895. The van der Waals surface area contributed by atoms with Gasteiger partial charge in [0.2, 0.25) is 5.91 Å². The Morgan fingerprint density at radius 1 is 1.89 bits per heavy atom. The zero-order valence-corrected chi connectivity index (χ0v) is 5.91. The number of amides is 1. The quantitative estimate of drug-likeness (QED) is 0.623. The van der Waals surface area contributed by atoms with Crippen LogP contribution in [0.3, 0.4) is 0 Å². The third-order valence-electron chi connectivity index (χ3n) is 1.19. The molecule has 0 aromatic carbocycles. The van der Waals surface area contributed by atoms with Gasteiger partial charge in [0.25, 0.3) is 0 Å². The predicted molar refractivity (Wildman–Crippen MR) is 39.0 cm³/mol. The molecular weight excluding hydrogens is 134 g/mol. The second-order valence-corrected chi connectivity index (χ2v) is 3.02. The van der Waals surface area contributed by atoms with Crippen molar-refractivity contribution in [1.82, 2.24) is 0 Å². The molecule has 1 rings (SSSR count). The third kappa shape index (κ3) is 2.10. The fraction of sp³-hybridized carbons (Fsp3) is 0.500. The summed E-state index contributed by atoms with van der Waals surface area (Å²) in [6, 6.07) is 0. The number of rotatable bonds is 2. The molecule has 9 heavy (non-hydrogen) atoms. The summed E-state index contributed by atoms with van der Waals surface area (Å²) < 4.78 is 0. The van der Waals surface area contributed by atoms with E-state index >= 15 is 0 Å². The van der Waals surface area contributed by atoms with E-state index in [4.69, 9.17) is 5.73 Å². The second-order valence-electron chi connectivity index (χ2n) is 2.04. The molecule has 0 fully saturated rings. The van der Waals surface area contributed by atoms with Gasteiger partial charge in [0, 0.05) is 12.2 Å². The van der Waals surface area contributed by atoms with Crippen LogP contribution in [0.4, 0.5) is 0 Å². The van der Waals surface area contributed by atoms with Gasteiger partial charge in [0.1, 0.15) is 0 Å². The highest BCUT2D eigenvalue weighted by Gasteiger charge is 2.06. The highest BCUT2D eigenvalue weighted by molar-refractivity contribution is 8.02. The minimum Gasteiger partial charge on any atom is -0.369 e. The Balaban J connectivity index is 2.35. The number of hydrogen-bond acceptors (Lipinski definition) is 2. The van der Waals surface area contributed by atoms with Crippen LogP contribution in [-0.2, 0) is 4.79 Å². The van der Waals surface area contributed by atoms with Crippen molar-refractivity contribution in [2.45, 2.75) is 12.8 Å². The Morgan fingerprint density at radius 3 is 3.11 bits per heavy atom. The minimum atomic E-state index is -0.219. The number of carbonyl (C=O) groups excluding carboxylic acids is 1. The highest BCUT2D eigenvalue weighted by atomic mass is 32.2. The Labute approximate surface area is 58.5 Å². The molecule has 0 aromatic heterocycles. The molecule has 0 unspecified atom stereocenters. The molecule has 1 aliphatic rings. The van der Waals surface area contributed by atoms with E-state index in [2.05, 4.69) is 0 Å². The SMILES string of the molecule is NC(=O)CC1=CSCC1. The molecule has 0 saturated heterocycles. The maximum atomic E-state index is 10.3. The van der Waals surface area contributed by atoms with Crippen molar-refractivity contribution in [1.29, 1.82) is 0 Å². The molecule has 0 aromatic rings. The van der Waals surface area contributed by atoms with Crippen molar-refractivity contribution in [3.8, 4) is 0 Å². The van der Waals surface area contributed by atoms with Crippen LogP contribution in [0.2, 0.25) is 0 Å². The molecule has 3 heteroatoms. The highest BCUT2D eigenvalue weighted by Crippen LogP contribution is 2.23. The fourth-order valence-corrected chi connectivity index (χ4v) is 1.71. The van der Waals surface area contributed by atoms with Crippen LogP contribution in [0.25, 0.3) is 0 Å². The van der Waals surface area contributed by atoms with Gasteiger partial charge in [-0.3, -0.25) is 4.79 Å². The molecule has 2 nitrogen and oxygen atoms in total. The normalized spacial score (nSPS) is 17.6. The van der Waals surface area contributed by atoms with Gasteiger partial charge in [-0.25, -0.2) is 0 Å². The van der Waals surface area contributed by atoms with Crippen molar-refractivity contribution in [3.05, 3.63) is 11.0 Å². The lowest BCUT2D eigenvalue weighted by Gasteiger charge is -1.92. The van der Waals surface area contributed by atoms with Crippen molar-refractivity contribution in [2.24, 2.45) is 5.73 Å². The Bertz CT molecular complexity index is 153. The van der Waals surface area contributed by atoms with Gasteiger partial charge in [-0.05, 0) is 11.8 Å². The summed E-state index contributed by atoms with van der Waals surface area (Å²) in [4.78, 5) is 10.3. The van der Waals surface area contributed by atoms with Crippen LogP contribution in [0.1, 0.15) is 12.8 Å². The van der Waals surface area contributed by atoms with Gasteiger partial charge in [0.05, 0.1) is 0 Å². The number of thioether (sulfide) groups is 1.